The first-order valence-corrected chi connectivity index (χ1v) is 9.00. The van der Waals surface area contributed by atoms with Gasteiger partial charge in [-0.3, -0.25) is 4.40 Å². The van der Waals surface area contributed by atoms with Crippen LogP contribution in [0.3, 0.4) is 0 Å². The summed E-state index contributed by atoms with van der Waals surface area (Å²) in [7, 11) is 0. The first-order chi connectivity index (χ1) is 12.1. The molecule has 9 heteroatoms. The van der Waals surface area contributed by atoms with Crippen molar-refractivity contribution in [2.75, 3.05) is 0 Å². The molecule has 0 aliphatic heterocycles. The summed E-state index contributed by atoms with van der Waals surface area (Å²) in [4.78, 5) is 0. The lowest BCUT2D eigenvalue weighted by atomic mass is 10.2. The van der Waals surface area contributed by atoms with Crippen molar-refractivity contribution in [2.24, 2.45) is 0 Å². The minimum Gasteiger partial charge on any atom is -0.419 e. The van der Waals surface area contributed by atoms with E-state index in [4.69, 9.17) is 27.6 Å². The lowest BCUT2D eigenvalue weighted by Crippen LogP contribution is -1.93. The van der Waals surface area contributed by atoms with Crippen LogP contribution in [0.15, 0.2) is 52.2 Å². The highest BCUT2D eigenvalue weighted by molar-refractivity contribution is 7.99. The minimum atomic E-state index is -0.116. The average molecular weight is 392 g/mol. The molecule has 0 radical (unpaired) electrons. The largest absolute Gasteiger partial charge is 0.419 e. The second-order valence-corrected chi connectivity index (χ2v) is 7.41. The molecule has 4 aromatic rings. The summed E-state index contributed by atoms with van der Waals surface area (Å²) in [6.45, 7) is 1.96. The molecule has 3 aromatic heterocycles. The van der Waals surface area contributed by atoms with E-state index in [1.165, 1.54) is 11.8 Å². The van der Waals surface area contributed by atoms with Gasteiger partial charge in [0, 0.05) is 11.8 Å². The number of hydrogen-bond donors (Lipinski definition) is 0. The van der Waals surface area contributed by atoms with Crippen molar-refractivity contribution >= 4 is 40.6 Å². The molecule has 1 atom stereocenters. The fourth-order valence-corrected chi connectivity index (χ4v) is 3.65. The van der Waals surface area contributed by atoms with E-state index < -0.39 is 0 Å². The molecule has 126 valence electrons. The van der Waals surface area contributed by atoms with Gasteiger partial charge < -0.3 is 4.42 Å². The topological polar surface area (TPSA) is 69.1 Å². The van der Waals surface area contributed by atoms with Crippen LogP contribution < -0.4 is 0 Å². The monoisotopic (exact) mass is 391 g/mol. The Morgan fingerprint density at radius 2 is 1.88 bits per heavy atom. The lowest BCUT2D eigenvalue weighted by Gasteiger charge is -2.05. The maximum absolute atomic E-state index is 6.14. The molecule has 25 heavy (non-hydrogen) atoms. The predicted molar refractivity (Wildman–Crippen MR) is 97.0 cm³/mol. The number of pyridine rings is 1. The van der Waals surface area contributed by atoms with Crippen LogP contribution in [0.2, 0.25) is 10.0 Å². The molecule has 0 N–H and O–H groups in total. The van der Waals surface area contributed by atoms with Crippen LogP contribution in [0.25, 0.3) is 17.1 Å². The van der Waals surface area contributed by atoms with E-state index >= 15 is 0 Å². The zero-order valence-corrected chi connectivity index (χ0v) is 15.3. The maximum Gasteiger partial charge on any atom is 0.247 e. The zero-order valence-electron chi connectivity index (χ0n) is 12.9. The number of halogens is 2. The molecule has 4 rings (SSSR count). The van der Waals surface area contributed by atoms with Gasteiger partial charge >= 0.3 is 0 Å². The van der Waals surface area contributed by atoms with Crippen molar-refractivity contribution in [1.29, 1.82) is 0 Å². The van der Waals surface area contributed by atoms with Crippen LogP contribution in [0.4, 0.5) is 0 Å². The third-order valence-electron chi connectivity index (χ3n) is 3.49. The Labute approximate surface area is 157 Å². The van der Waals surface area contributed by atoms with Gasteiger partial charge in [-0.25, -0.2) is 0 Å². The Morgan fingerprint density at radius 3 is 2.68 bits per heavy atom. The number of thioether (sulfide) groups is 1. The van der Waals surface area contributed by atoms with Crippen LogP contribution in [0, 0.1) is 0 Å². The molecule has 0 saturated carbocycles. The van der Waals surface area contributed by atoms with E-state index in [1.807, 2.05) is 37.3 Å². The van der Waals surface area contributed by atoms with Crippen molar-refractivity contribution in [2.45, 2.75) is 17.3 Å². The fourth-order valence-electron chi connectivity index (χ4n) is 2.29. The van der Waals surface area contributed by atoms with Crippen LogP contribution in [0.5, 0.6) is 0 Å². The molecule has 0 fully saturated rings. The van der Waals surface area contributed by atoms with Crippen molar-refractivity contribution in [3.63, 3.8) is 0 Å². The number of nitrogens with zero attached hydrogens (tertiary/aromatic N) is 5. The van der Waals surface area contributed by atoms with E-state index in [-0.39, 0.29) is 5.25 Å². The van der Waals surface area contributed by atoms with Crippen LogP contribution in [-0.2, 0) is 0 Å². The first-order valence-electron chi connectivity index (χ1n) is 7.37. The third-order valence-corrected chi connectivity index (χ3v) is 5.02. The van der Waals surface area contributed by atoms with Gasteiger partial charge in [-0.15, -0.1) is 20.4 Å². The van der Waals surface area contributed by atoms with Gasteiger partial charge in [0.2, 0.25) is 11.8 Å². The van der Waals surface area contributed by atoms with Gasteiger partial charge in [0.05, 0.1) is 15.3 Å². The van der Waals surface area contributed by atoms with E-state index in [1.54, 1.807) is 16.7 Å². The molecule has 6 nitrogen and oxygen atoms in total. The minimum absolute atomic E-state index is 0.116. The summed E-state index contributed by atoms with van der Waals surface area (Å²) >= 11 is 13.6. The molecule has 0 aliphatic carbocycles. The summed E-state index contributed by atoms with van der Waals surface area (Å²) in [5.74, 6) is 0.994. The average Bonchev–Trinajstić information content (AvgIpc) is 3.24. The normalized spacial score (nSPS) is 12.6. The van der Waals surface area contributed by atoms with Crippen molar-refractivity contribution in [3.05, 3.63) is 58.5 Å². The fraction of sp³-hybridized carbons (Fsp3) is 0.125. The molecule has 0 aliphatic rings. The van der Waals surface area contributed by atoms with Gasteiger partial charge in [0.15, 0.2) is 10.8 Å². The van der Waals surface area contributed by atoms with Crippen LogP contribution in [-0.4, -0.2) is 24.8 Å². The first kappa shape index (κ1) is 16.4. The Bertz CT molecular complexity index is 1030. The zero-order chi connectivity index (χ0) is 17.4. The molecule has 0 amide bonds. The number of benzene rings is 1. The highest BCUT2D eigenvalue weighted by atomic mass is 35.5. The van der Waals surface area contributed by atoms with Gasteiger partial charge in [-0.05, 0) is 25.1 Å². The Balaban J connectivity index is 1.61. The second kappa shape index (κ2) is 6.67. The SMILES string of the molecule is CC(Sc1nnc2c(Cl)cc(Cl)cn12)c1nnc(-c2ccccc2)o1. The summed E-state index contributed by atoms with van der Waals surface area (Å²) in [6, 6.07) is 11.3. The van der Waals surface area contributed by atoms with E-state index in [0.717, 1.165) is 5.56 Å². The third kappa shape index (κ3) is 3.22. The Morgan fingerprint density at radius 1 is 1.08 bits per heavy atom. The number of hydrogen-bond acceptors (Lipinski definition) is 6. The van der Waals surface area contributed by atoms with Crippen molar-refractivity contribution in [3.8, 4) is 11.5 Å². The maximum atomic E-state index is 6.14. The summed E-state index contributed by atoms with van der Waals surface area (Å²) in [5.41, 5.74) is 1.43. The number of aromatic nitrogens is 5. The van der Waals surface area contributed by atoms with Crippen molar-refractivity contribution < 1.29 is 4.42 Å². The summed E-state index contributed by atoms with van der Waals surface area (Å²) < 4.78 is 7.54. The summed E-state index contributed by atoms with van der Waals surface area (Å²) in [6.07, 6.45) is 1.72. The van der Waals surface area contributed by atoms with E-state index in [2.05, 4.69) is 20.4 Å². The second-order valence-electron chi connectivity index (χ2n) is 5.25. The Hall–Kier alpha value is -2.09. The molecular formula is C16H11Cl2N5OS. The smallest absolute Gasteiger partial charge is 0.247 e. The quantitative estimate of drug-likeness (QED) is 0.458. The highest BCUT2D eigenvalue weighted by Gasteiger charge is 2.20. The standard InChI is InChI=1S/C16H11Cl2N5OS/c1-9(14-20-21-15(24-14)10-5-3-2-4-6-10)25-16-22-19-13-12(18)7-11(17)8-23(13)16/h2-9H,1H3. The van der Waals surface area contributed by atoms with E-state index in [0.29, 0.717) is 32.6 Å². The molecule has 1 unspecified atom stereocenters. The molecule has 0 bridgehead atoms. The Kier molecular flexibility index (Phi) is 4.37. The van der Waals surface area contributed by atoms with Gasteiger partial charge in [0.25, 0.3) is 0 Å². The van der Waals surface area contributed by atoms with Crippen molar-refractivity contribution in [1.82, 2.24) is 24.8 Å². The molecule has 0 spiro atoms. The van der Waals surface area contributed by atoms with Gasteiger partial charge in [-0.2, -0.15) is 0 Å². The lowest BCUT2D eigenvalue weighted by molar-refractivity contribution is 0.509. The number of rotatable bonds is 4. The van der Waals surface area contributed by atoms with E-state index in [9.17, 15) is 0 Å². The molecule has 1 aromatic carbocycles. The van der Waals surface area contributed by atoms with Gasteiger partial charge in [-0.1, -0.05) is 53.2 Å². The molecule has 3 heterocycles. The number of fused-ring (bicyclic) bond motifs is 1. The molecule has 0 saturated heterocycles. The summed E-state index contributed by atoms with van der Waals surface area (Å²) in [5, 5.41) is 18.0. The van der Waals surface area contributed by atoms with Crippen LogP contribution >= 0.6 is 35.0 Å². The highest BCUT2D eigenvalue weighted by Crippen LogP contribution is 2.35. The van der Waals surface area contributed by atoms with Gasteiger partial charge in [0.1, 0.15) is 0 Å². The van der Waals surface area contributed by atoms with Crippen LogP contribution in [0.1, 0.15) is 18.1 Å². The molecular weight excluding hydrogens is 381 g/mol. The predicted octanol–water partition coefficient (Wildman–Crippen LogP) is 4.94.